The number of amides is 1. The maximum atomic E-state index is 13.2. The van der Waals surface area contributed by atoms with E-state index in [0.29, 0.717) is 30.2 Å². The number of hydrogen-bond donors (Lipinski definition) is 2. The molecule has 1 aromatic heterocycles. The van der Waals surface area contributed by atoms with Crippen LogP contribution in [-0.4, -0.2) is 47.2 Å². The van der Waals surface area contributed by atoms with Gasteiger partial charge in [0.05, 0.1) is 16.6 Å². The number of nitrogens with zero attached hydrogens (tertiary/aromatic N) is 2. The first-order chi connectivity index (χ1) is 15.9. The summed E-state index contributed by atoms with van der Waals surface area (Å²) in [5.41, 5.74) is 4.43. The Morgan fingerprint density at radius 2 is 1.82 bits per heavy atom. The van der Waals surface area contributed by atoms with Gasteiger partial charge in [0.25, 0.3) is 5.91 Å². The molecule has 0 aliphatic carbocycles. The number of nitrogens with one attached hydrogen (secondary N) is 2. The van der Waals surface area contributed by atoms with E-state index < -0.39 is 0 Å². The predicted molar refractivity (Wildman–Crippen MR) is 135 cm³/mol. The molecule has 0 bridgehead atoms. The Bertz CT molecular complexity index is 1350. The highest BCUT2D eigenvalue weighted by Crippen LogP contribution is 2.26. The summed E-state index contributed by atoms with van der Waals surface area (Å²) in [6.45, 7) is 1.45. The van der Waals surface area contributed by atoms with Gasteiger partial charge >= 0.3 is 4.87 Å². The van der Waals surface area contributed by atoms with Gasteiger partial charge in [-0.15, -0.1) is 0 Å². The standard InChI is InChI=1S/C25H23ClN4O2S/c1-29(16-27)11-12-30(24(31)18-5-8-21(26)9-6-18)15-17-3-2-4-19(13-17)20-7-10-22-23(14-20)33-25(32)28-22/h2-10,13-14,16,27H,11-12,15H2,1H3,(H,28,32). The van der Waals surface area contributed by atoms with E-state index in [4.69, 9.17) is 17.0 Å². The normalized spacial score (nSPS) is 10.8. The summed E-state index contributed by atoms with van der Waals surface area (Å²) in [5.74, 6) is -0.0889. The van der Waals surface area contributed by atoms with Crippen LogP contribution < -0.4 is 4.87 Å². The number of benzene rings is 3. The van der Waals surface area contributed by atoms with Crippen molar-refractivity contribution in [2.75, 3.05) is 20.1 Å². The number of rotatable bonds is 8. The van der Waals surface area contributed by atoms with Crippen molar-refractivity contribution >= 4 is 45.4 Å². The first-order valence-corrected chi connectivity index (χ1v) is 11.6. The van der Waals surface area contributed by atoms with Gasteiger partial charge in [0.2, 0.25) is 0 Å². The Balaban J connectivity index is 1.60. The minimum Gasteiger partial charge on any atom is -0.364 e. The molecule has 168 valence electrons. The lowest BCUT2D eigenvalue weighted by Crippen LogP contribution is -2.36. The molecule has 6 nitrogen and oxygen atoms in total. The average molecular weight is 479 g/mol. The summed E-state index contributed by atoms with van der Waals surface area (Å²) in [6, 6.07) is 20.9. The molecule has 1 amide bonds. The number of hydrogen-bond acceptors (Lipinski definition) is 4. The SMILES string of the molecule is CN(C=N)CCN(Cc1cccc(-c2ccc3[nH]c(=O)sc3c2)c1)C(=O)c1ccc(Cl)cc1. The third kappa shape index (κ3) is 5.50. The van der Waals surface area contributed by atoms with Gasteiger partial charge < -0.3 is 14.8 Å². The number of thiazole rings is 1. The molecule has 0 saturated carbocycles. The van der Waals surface area contributed by atoms with Gasteiger partial charge in [0, 0.05) is 37.3 Å². The number of aromatic amines is 1. The monoisotopic (exact) mass is 478 g/mol. The van der Waals surface area contributed by atoms with Crippen molar-refractivity contribution in [2.24, 2.45) is 0 Å². The zero-order chi connectivity index (χ0) is 23.4. The number of carbonyl (C=O) groups excluding carboxylic acids is 1. The second-order valence-electron chi connectivity index (χ2n) is 7.77. The first kappa shape index (κ1) is 22.8. The van der Waals surface area contributed by atoms with Crippen LogP contribution in [-0.2, 0) is 6.54 Å². The molecule has 8 heteroatoms. The molecule has 0 radical (unpaired) electrons. The molecule has 0 saturated heterocycles. The van der Waals surface area contributed by atoms with Crippen molar-refractivity contribution in [2.45, 2.75) is 6.54 Å². The Kier molecular flexibility index (Phi) is 6.91. The first-order valence-electron chi connectivity index (χ1n) is 10.4. The average Bonchev–Trinajstić information content (AvgIpc) is 3.21. The molecule has 4 aromatic rings. The van der Waals surface area contributed by atoms with Gasteiger partial charge in [-0.3, -0.25) is 15.0 Å². The van der Waals surface area contributed by atoms with Crippen LogP contribution in [0.5, 0.6) is 0 Å². The van der Waals surface area contributed by atoms with Gasteiger partial charge in [-0.25, -0.2) is 0 Å². The third-order valence-corrected chi connectivity index (χ3v) is 6.47. The lowest BCUT2D eigenvalue weighted by Gasteiger charge is -2.25. The van der Waals surface area contributed by atoms with Crippen LogP contribution in [0.2, 0.25) is 5.02 Å². The fourth-order valence-electron chi connectivity index (χ4n) is 3.57. The molecule has 0 spiro atoms. The molecule has 4 rings (SSSR count). The van der Waals surface area contributed by atoms with Gasteiger partial charge in [0.1, 0.15) is 0 Å². The van der Waals surface area contributed by atoms with Crippen molar-refractivity contribution < 1.29 is 4.79 Å². The molecular formula is C25H23ClN4O2S. The number of halogens is 1. The van der Waals surface area contributed by atoms with Gasteiger partial charge in [-0.05, 0) is 59.2 Å². The van der Waals surface area contributed by atoms with Crippen LogP contribution in [0.25, 0.3) is 21.3 Å². The predicted octanol–water partition coefficient (Wildman–Crippen LogP) is 5.09. The molecule has 3 aromatic carbocycles. The summed E-state index contributed by atoms with van der Waals surface area (Å²) in [7, 11) is 1.81. The van der Waals surface area contributed by atoms with Crippen LogP contribution >= 0.6 is 22.9 Å². The van der Waals surface area contributed by atoms with E-state index in [9.17, 15) is 9.59 Å². The molecule has 0 atom stereocenters. The van der Waals surface area contributed by atoms with Crippen LogP contribution in [0.4, 0.5) is 0 Å². The maximum absolute atomic E-state index is 13.2. The van der Waals surface area contributed by atoms with Crippen LogP contribution in [0, 0.1) is 5.41 Å². The van der Waals surface area contributed by atoms with Crippen LogP contribution in [0.1, 0.15) is 15.9 Å². The Hall–Kier alpha value is -3.42. The minimum atomic E-state index is -0.0889. The smallest absolute Gasteiger partial charge is 0.305 e. The van der Waals surface area contributed by atoms with E-state index in [1.165, 1.54) is 17.7 Å². The quantitative estimate of drug-likeness (QED) is 0.273. The van der Waals surface area contributed by atoms with Gasteiger partial charge in [-0.2, -0.15) is 0 Å². The van der Waals surface area contributed by atoms with E-state index in [1.54, 1.807) is 34.1 Å². The largest absolute Gasteiger partial charge is 0.364 e. The molecule has 0 fully saturated rings. The maximum Gasteiger partial charge on any atom is 0.305 e. The second kappa shape index (κ2) is 10.0. The summed E-state index contributed by atoms with van der Waals surface area (Å²) >= 11 is 7.18. The van der Waals surface area contributed by atoms with E-state index in [1.807, 2.05) is 43.4 Å². The van der Waals surface area contributed by atoms with Gasteiger partial charge in [0.15, 0.2) is 0 Å². The van der Waals surface area contributed by atoms with Crippen molar-refractivity contribution in [1.82, 2.24) is 14.8 Å². The molecule has 0 aliphatic heterocycles. The highest BCUT2D eigenvalue weighted by atomic mass is 35.5. The molecule has 0 unspecified atom stereocenters. The number of carbonyl (C=O) groups is 1. The molecule has 1 heterocycles. The van der Waals surface area contributed by atoms with Crippen molar-refractivity contribution in [3.8, 4) is 11.1 Å². The zero-order valence-corrected chi connectivity index (χ0v) is 19.6. The Morgan fingerprint density at radius 3 is 2.58 bits per heavy atom. The number of fused-ring (bicyclic) bond motifs is 1. The summed E-state index contributed by atoms with van der Waals surface area (Å²) < 4.78 is 0.914. The van der Waals surface area contributed by atoms with E-state index in [-0.39, 0.29) is 10.8 Å². The number of H-pyrrole nitrogens is 1. The number of aromatic nitrogens is 1. The molecular weight excluding hydrogens is 456 g/mol. The Labute approximate surface area is 200 Å². The van der Waals surface area contributed by atoms with Gasteiger partial charge in [-0.1, -0.05) is 47.2 Å². The third-order valence-electron chi connectivity index (χ3n) is 5.38. The van der Waals surface area contributed by atoms with Crippen LogP contribution in [0.3, 0.4) is 0 Å². The fourth-order valence-corrected chi connectivity index (χ4v) is 4.47. The van der Waals surface area contributed by atoms with E-state index in [0.717, 1.165) is 26.9 Å². The van der Waals surface area contributed by atoms with E-state index >= 15 is 0 Å². The minimum absolute atomic E-state index is 0.0675. The highest BCUT2D eigenvalue weighted by molar-refractivity contribution is 7.16. The topological polar surface area (TPSA) is 80.3 Å². The van der Waals surface area contributed by atoms with E-state index in [2.05, 4.69) is 11.1 Å². The van der Waals surface area contributed by atoms with Crippen molar-refractivity contribution in [3.63, 3.8) is 0 Å². The van der Waals surface area contributed by atoms with Crippen molar-refractivity contribution in [1.29, 1.82) is 5.41 Å². The lowest BCUT2D eigenvalue weighted by atomic mass is 10.0. The molecule has 0 aliphatic rings. The molecule has 33 heavy (non-hydrogen) atoms. The lowest BCUT2D eigenvalue weighted by molar-refractivity contribution is 0.0737. The number of likely N-dealkylation sites (N-methyl/N-ethyl adjacent to an activating group) is 1. The summed E-state index contributed by atoms with van der Waals surface area (Å²) in [5, 5.41) is 8.00. The van der Waals surface area contributed by atoms with Crippen LogP contribution in [0.15, 0.2) is 71.5 Å². The zero-order valence-electron chi connectivity index (χ0n) is 18.0. The summed E-state index contributed by atoms with van der Waals surface area (Å²) in [4.78, 5) is 31.2. The second-order valence-corrected chi connectivity index (χ2v) is 9.22. The Morgan fingerprint density at radius 1 is 1.06 bits per heavy atom. The highest BCUT2D eigenvalue weighted by Gasteiger charge is 2.17. The van der Waals surface area contributed by atoms with Crippen molar-refractivity contribution in [3.05, 3.63) is 92.5 Å². The summed E-state index contributed by atoms with van der Waals surface area (Å²) in [6.07, 6.45) is 1.25. The fraction of sp³-hybridized carbons (Fsp3) is 0.160. The molecule has 2 N–H and O–H groups in total.